The van der Waals surface area contributed by atoms with Crippen molar-refractivity contribution in [1.29, 1.82) is 0 Å². The van der Waals surface area contributed by atoms with E-state index in [1.54, 1.807) is 26.8 Å². The summed E-state index contributed by atoms with van der Waals surface area (Å²) in [6.45, 7) is 23.7. The first-order valence-corrected chi connectivity index (χ1v) is 27.2. The summed E-state index contributed by atoms with van der Waals surface area (Å²) >= 11 is 6.04. The van der Waals surface area contributed by atoms with Crippen molar-refractivity contribution in [3.8, 4) is 0 Å². The van der Waals surface area contributed by atoms with Gasteiger partial charge in [-0.25, -0.2) is 4.79 Å². The normalized spacial score (nSPS) is 19.3. The van der Waals surface area contributed by atoms with Crippen LogP contribution in [0.1, 0.15) is 157 Å². The molecule has 0 radical (unpaired) electrons. The standard InChI is InChI=1S/C52H81NO8SSi/c1-12-13-14-18-27-34-50(57-38-39-58-50)35-28-19-16-15-17-26-33-43(51(56,46(55)60-48(4,5)6)36-37-59-63(10,11)49(7,8)9)45(54)53-44(40(2)3)52(61-47(53)62,41-29-22-20-23-30-41)42-31-24-21-25-32-42/h20-26,29-33,40,43-44,56H,12-19,27-28,34-39H2,1-11H3/b33-26+/t43-,44+,51+/m1/s1. The van der Waals surface area contributed by atoms with E-state index in [4.69, 9.17) is 35.6 Å². The lowest BCUT2D eigenvalue weighted by atomic mass is 9.75. The summed E-state index contributed by atoms with van der Waals surface area (Å²) in [4.78, 5) is 31.7. The molecule has 2 aliphatic heterocycles. The number of carbonyl (C=O) groups excluding carboxylic acids is 2. The Bertz CT molecular complexity index is 1730. The zero-order chi connectivity index (χ0) is 46.5. The molecule has 63 heavy (non-hydrogen) atoms. The summed E-state index contributed by atoms with van der Waals surface area (Å²) in [6, 6.07) is 19.0. The highest BCUT2D eigenvalue weighted by Crippen LogP contribution is 2.49. The van der Waals surface area contributed by atoms with E-state index in [0.29, 0.717) is 19.6 Å². The molecule has 2 aliphatic rings. The van der Waals surface area contributed by atoms with Crippen molar-refractivity contribution < 1.29 is 38.1 Å². The van der Waals surface area contributed by atoms with Crippen molar-refractivity contribution in [3.63, 3.8) is 0 Å². The van der Waals surface area contributed by atoms with E-state index in [-0.39, 0.29) is 29.2 Å². The van der Waals surface area contributed by atoms with Gasteiger partial charge in [-0.2, -0.15) is 0 Å². The Kier molecular flexibility index (Phi) is 19.2. The first kappa shape index (κ1) is 52.7. The number of aliphatic hydroxyl groups is 1. The second kappa shape index (κ2) is 23.0. The van der Waals surface area contributed by atoms with Gasteiger partial charge < -0.3 is 28.5 Å². The number of nitrogens with zero attached hydrogens (tertiary/aromatic N) is 1. The van der Waals surface area contributed by atoms with Gasteiger partial charge in [0, 0.05) is 37.0 Å². The Labute approximate surface area is 387 Å². The monoisotopic (exact) mass is 908 g/mol. The molecule has 9 nitrogen and oxygen atoms in total. The van der Waals surface area contributed by atoms with Crippen molar-refractivity contribution in [3.05, 3.63) is 83.9 Å². The van der Waals surface area contributed by atoms with Gasteiger partial charge in [0.25, 0.3) is 5.17 Å². The molecular weight excluding hydrogens is 827 g/mol. The Hall–Kier alpha value is -2.93. The zero-order valence-electron chi connectivity index (χ0n) is 40.6. The molecule has 3 atom stereocenters. The van der Waals surface area contributed by atoms with Crippen molar-refractivity contribution >= 4 is 37.6 Å². The van der Waals surface area contributed by atoms with Crippen LogP contribution >= 0.6 is 12.2 Å². The Morgan fingerprint density at radius 1 is 0.857 bits per heavy atom. The van der Waals surface area contributed by atoms with Crippen LogP contribution in [0.15, 0.2) is 72.8 Å². The second-order valence-corrected chi connectivity index (χ2v) is 25.8. The summed E-state index contributed by atoms with van der Waals surface area (Å²) in [5.41, 5.74) is -2.71. The fraction of sp³-hybridized carbons (Fsp3) is 0.673. The maximum atomic E-state index is 15.6. The molecule has 2 aromatic carbocycles. The molecule has 2 saturated heterocycles. The number of amides is 1. The van der Waals surface area contributed by atoms with Crippen LogP contribution in [-0.4, -0.2) is 78.2 Å². The smallest absolute Gasteiger partial charge is 0.339 e. The molecule has 11 heteroatoms. The SMILES string of the molecule is CCCCCCCC1(CCCCCC/C=C/[C@H](C(=O)N2C(=S)OC(c3ccccc3)(c3ccccc3)[C@@H]2C(C)C)[C@@](O)(CCO[Si](C)(C)C(C)(C)C)C(=O)OC(C)(C)C)OCCO1. The van der Waals surface area contributed by atoms with Crippen LogP contribution in [0.25, 0.3) is 0 Å². The molecule has 0 bridgehead atoms. The van der Waals surface area contributed by atoms with E-state index in [9.17, 15) is 9.90 Å². The Morgan fingerprint density at radius 2 is 1.38 bits per heavy atom. The summed E-state index contributed by atoms with van der Waals surface area (Å²) in [5.74, 6) is -3.39. The third-order valence-corrected chi connectivity index (χ3v) is 18.0. The van der Waals surface area contributed by atoms with Crippen LogP contribution in [0.5, 0.6) is 0 Å². The van der Waals surface area contributed by atoms with E-state index < -0.39 is 54.7 Å². The lowest BCUT2D eigenvalue weighted by Crippen LogP contribution is -2.58. The van der Waals surface area contributed by atoms with Gasteiger partial charge >= 0.3 is 5.97 Å². The topological polar surface area (TPSA) is 104 Å². The average molecular weight is 908 g/mol. The maximum Gasteiger partial charge on any atom is 0.339 e. The maximum absolute atomic E-state index is 15.6. The van der Waals surface area contributed by atoms with E-state index in [2.05, 4.69) is 40.8 Å². The average Bonchev–Trinajstić information content (AvgIpc) is 3.82. The van der Waals surface area contributed by atoms with Gasteiger partial charge in [-0.1, -0.05) is 153 Å². The predicted molar refractivity (Wildman–Crippen MR) is 260 cm³/mol. The van der Waals surface area contributed by atoms with Gasteiger partial charge in [-0.15, -0.1) is 0 Å². The van der Waals surface area contributed by atoms with Crippen molar-refractivity contribution in [2.75, 3.05) is 19.8 Å². The van der Waals surface area contributed by atoms with Gasteiger partial charge in [0.1, 0.15) is 5.60 Å². The highest BCUT2D eigenvalue weighted by atomic mass is 32.1. The van der Waals surface area contributed by atoms with Gasteiger partial charge in [0.15, 0.2) is 25.3 Å². The molecule has 1 amide bonds. The molecule has 352 valence electrons. The molecule has 0 aromatic heterocycles. The number of hydrogen-bond donors (Lipinski definition) is 1. The fourth-order valence-electron chi connectivity index (χ4n) is 8.71. The van der Waals surface area contributed by atoms with E-state index in [0.717, 1.165) is 56.1 Å². The third kappa shape index (κ3) is 13.6. The fourth-order valence-corrected chi connectivity index (χ4v) is 10.1. The van der Waals surface area contributed by atoms with Gasteiger partial charge in [-0.05, 0) is 82.7 Å². The van der Waals surface area contributed by atoms with E-state index >= 15 is 4.79 Å². The summed E-state index contributed by atoms with van der Waals surface area (Å²) in [7, 11) is -2.31. The van der Waals surface area contributed by atoms with Crippen LogP contribution < -0.4 is 0 Å². The van der Waals surface area contributed by atoms with Crippen LogP contribution in [0.3, 0.4) is 0 Å². The molecule has 0 spiro atoms. The Balaban J connectivity index is 1.66. The van der Waals surface area contributed by atoms with Crippen molar-refractivity contribution in [2.24, 2.45) is 11.8 Å². The zero-order valence-corrected chi connectivity index (χ0v) is 42.5. The van der Waals surface area contributed by atoms with Gasteiger partial charge in [-0.3, -0.25) is 9.69 Å². The van der Waals surface area contributed by atoms with Gasteiger partial charge in [0.2, 0.25) is 5.91 Å². The lowest BCUT2D eigenvalue weighted by Gasteiger charge is -2.41. The molecule has 4 rings (SSSR count). The molecular formula is C52H81NO8SSi. The van der Waals surface area contributed by atoms with Crippen LogP contribution in [0.4, 0.5) is 0 Å². The predicted octanol–water partition coefficient (Wildman–Crippen LogP) is 12.2. The van der Waals surface area contributed by atoms with E-state index in [1.165, 1.54) is 30.6 Å². The molecule has 0 aliphatic carbocycles. The number of unbranched alkanes of at least 4 members (excludes halogenated alkanes) is 8. The third-order valence-electron chi connectivity index (χ3n) is 13.2. The number of benzene rings is 2. The largest absolute Gasteiger partial charge is 0.458 e. The van der Waals surface area contributed by atoms with Crippen molar-refractivity contribution in [1.82, 2.24) is 4.90 Å². The number of carbonyl (C=O) groups is 2. The van der Waals surface area contributed by atoms with Crippen LogP contribution in [0.2, 0.25) is 18.1 Å². The van der Waals surface area contributed by atoms with Crippen molar-refractivity contribution in [2.45, 2.75) is 193 Å². The second-order valence-electron chi connectivity index (χ2n) is 20.6. The number of allylic oxidation sites excluding steroid dienone is 1. The molecule has 0 saturated carbocycles. The van der Waals surface area contributed by atoms with Crippen LogP contribution in [0, 0.1) is 11.8 Å². The summed E-state index contributed by atoms with van der Waals surface area (Å²) < 4.78 is 31.7. The minimum atomic E-state index is -2.31. The number of rotatable bonds is 24. The molecule has 2 fully saturated rings. The first-order valence-electron chi connectivity index (χ1n) is 23.9. The molecule has 1 N–H and O–H groups in total. The molecule has 2 heterocycles. The van der Waals surface area contributed by atoms with Gasteiger partial charge in [0.05, 0.1) is 25.2 Å². The number of hydrogen-bond acceptors (Lipinski definition) is 9. The highest BCUT2D eigenvalue weighted by molar-refractivity contribution is 7.80. The number of esters is 1. The summed E-state index contributed by atoms with van der Waals surface area (Å²) in [6.07, 6.45) is 15.9. The minimum Gasteiger partial charge on any atom is -0.458 e. The number of ether oxygens (including phenoxy) is 4. The molecule has 0 unspecified atom stereocenters. The highest BCUT2D eigenvalue weighted by Gasteiger charge is 2.61. The summed E-state index contributed by atoms with van der Waals surface area (Å²) in [5, 5.41) is 12.8. The lowest BCUT2D eigenvalue weighted by molar-refractivity contribution is -0.186. The van der Waals surface area contributed by atoms with Crippen LogP contribution in [-0.2, 0) is 38.6 Å². The number of thiocarbonyl (C=S) groups is 1. The molecule has 2 aromatic rings. The minimum absolute atomic E-state index is 0.0113. The Morgan fingerprint density at radius 3 is 1.87 bits per heavy atom. The first-order chi connectivity index (χ1) is 29.6. The quantitative estimate of drug-likeness (QED) is 0.0362. The van der Waals surface area contributed by atoms with E-state index in [1.807, 2.05) is 80.6 Å².